The Morgan fingerprint density at radius 3 is 1.72 bits per heavy atom. The molecule has 1 atom stereocenters. The van der Waals surface area contributed by atoms with Crippen molar-refractivity contribution in [2.45, 2.75) is 109 Å². The number of hydrogen-bond acceptors (Lipinski definition) is 4. The monoisotopic (exact) mass is 438 g/mol. The zero-order valence-electron chi connectivity index (χ0n) is 21.9. The van der Waals surface area contributed by atoms with Crippen LogP contribution in [-0.2, 0) is 14.3 Å². The third kappa shape index (κ3) is 23.3. The van der Waals surface area contributed by atoms with Crippen LogP contribution in [0.3, 0.4) is 0 Å². The van der Waals surface area contributed by atoms with Crippen molar-refractivity contribution in [3.63, 3.8) is 0 Å². The molecule has 5 nitrogen and oxygen atoms in total. The van der Waals surface area contributed by atoms with Gasteiger partial charge in [0.1, 0.15) is 6.54 Å². The number of nitrogens with zero attached hydrogens (tertiary/aromatic N) is 1. The van der Waals surface area contributed by atoms with E-state index in [9.17, 15) is 14.7 Å². The summed E-state index contributed by atoms with van der Waals surface area (Å²) in [5.74, 6) is -1.52. The molecule has 174 valence electrons. The lowest BCUT2D eigenvalue weighted by atomic mass is 10.0. The second-order valence-corrected chi connectivity index (χ2v) is 8.90. The zero-order chi connectivity index (χ0) is 23.8. The molecule has 0 aliphatic carbocycles. The minimum Gasteiger partial charge on any atom is -0.550 e. The molecule has 0 aliphatic heterocycles. The lowest BCUT2D eigenvalue weighted by Crippen LogP contribution is -2.45. The zero-order valence-corrected chi connectivity index (χ0v) is 19.7. The normalized spacial score (nSPS) is 14.2. The first kappa shape index (κ1) is 24.5. The van der Waals surface area contributed by atoms with E-state index in [1.165, 1.54) is 38.5 Å². The molecule has 0 rings (SSSR count). The number of likely N-dealkylation sites (N-methyl/N-ethyl adjacent to an activating group) is 1. The van der Waals surface area contributed by atoms with E-state index in [0.717, 1.165) is 38.5 Å². The molecule has 0 aliphatic rings. The summed E-state index contributed by atoms with van der Waals surface area (Å²) in [6, 6.07) is 0. The van der Waals surface area contributed by atoms with Gasteiger partial charge in [-0.15, -0.1) is 12.4 Å². The highest BCUT2D eigenvalue weighted by Crippen LogP contribution is 2.13. The van der Waals surface area contributed by atoms with Crippen molar-refractivity contribution in [1.82, 2.24) is 0 Å². The first-order valence-corrected chi connectivity index (χ1v) is 11.1. The minimum atomic E-state index is -1.77. The summed E-state index contributed by atoms with van der Waals surface area (Å²) in [6.45, 7) is -1.33. The summed E-state index contributed by atoms with van der Waals surface area (Å²) in [6.07, 6.45) is 12.8. The Morgan fingerprint density at radius 1 is 0.862 bits per heavy atom. The number of carboxylic acid groups (broad SMARTS) is 1. The Morgan fingerprint density at radius 2 is 1.31 bits per heavy atom. The number of unbranched alkanes of at least 4 members (excludes halogenated alkanes) is 11. The molecule has 0 amide bonds. The van der Waals surface area contributed by atoms with Gasteiger partial charge >= 0.3 is 5.97 Å². The van der Waals surface area contributed by atoms with Gasteiger partial charge in [-0.2, -0.15) is 0 Å². The largest absolute Gasteiger partial charge is 0.550 e. The molecule has 1 unspecified atom stereocenters. The molecule has 0 aromatic carbocycles. The van der Waals surface area contributed by atoms with Gasteiger partial charge in [0.25, 0.3) is 0 Å². The summed E-state index contributed by atoms with van der Waals surface area (Å²) in [7, 11) is 5.79. The number of carboxylic acids is 1. The summed E-state index contributed by atoms with van der Waals surface area (Å²) < 4.78 is 27.4. The SMILES string of the molecule is Cl.[2H]C([2H])([2H])CCCCCCCCCCCCCCC(=O)OC(CC(=O)[O-])C[N+](C)(C)C. The van der Waals surface area contributed by atoms with Crippen LogP contribution in [0.4, 0.5) is 0 Å². The molecule has 0 aromatic heterocycles. The third-order valence-corrected chi connectivity index (χ3v) is 4.75. The topological polar surface area (TPSA) is 66.4 Å². The van der Waals surface area contributed by atoms with Crippen LogP contribution >= 0.6 is 12.4 Å². The summed E-state index contributed by atoms with van der Waals surface area (Å²) in [5, 5.41) is 10.9. The van der Waals surface area contributed by atoms with E-state index < -0.39 is 18.9 Å². The standard InChI is InChI=1S/C23H45NO4.ClH/c1-5-6-7-8-9-10-11-12-13-14-15-16-17-18-23(27)28-21(19-22(25)26)20-24(2,3)4;/h21H,5-20H2,1-4H3;1H/i1D3;. The Bertz CT molecular complexity index is 497. The fourth-order valence-corrected chi connectivity index (χ4v) is 3.35. The molecule has 6 heteroatoms. The van der Waals surface area contributed by atoms with E-state index >= 15 is 0 Å². The van der Waals surface area contributed by atoms with Gasteiger partial charge in [-0.3, -0.25) is 4.79 Å². The molecule has 0 spiro atoms. The van der Waals surface area contributed by atoms with Crippen LogP contribution < -0.4 is 5.11 Å². The fraction of sp³-hybridized carbons (Fsp3) is 0.913. The predicted molar refractivity (Wildman–Crippen MR) is 120 cm³/mol. The molecule has 0 N–H and O–H groups in total. The minimum absolute atomic E-state index is 0. The average Bonchev–Trinajstić information content (AvgIpc) is 2.59. The van der Waals surface area contributed by atoms with Crippen LogP contribution in [0.1, 0.15) is 107 Å². The van der Waals surface area contributed by atoms with E-state index in [4.69, 9.17) is 8.85 Å². The maximum atomic E-state index is 12.0. The van der Waals surface area contributed by atoms with E-state index in [2.05, 4.69) is 0 Å². The predicted octanol–water partition coefficient (Wildman–Crippen LogP) is 4.65. The van der Waals surface area contributed by atoms with Crippen LogP contribution in [0.5, 0.6) is 0 Å². The molecule has 0 fully saturated rings. The number of aliphatic carboxylic acids is 1. The Kier molecular flexibility index (Phi) is 16.2. The highest BCUT2D eigenvalue weighted by atomic mass is 35.5. The van der Waals surface area contributed by atoms with Crippen LogP contribution in [-0.4, -0.2) is 50.2 Å². The molecule has 0 saturated carbocycles. The van der Waals surface area contributed by atoms with Crippen molar-refractivity contribution in [2.24, 2.45) is 0 Å². The van der Waals surface area contributed by atoms with Gasteiger partial charge in [0.2, 0.25) is 0 Å². The number of halogens is 1. The van der Waals surface area contributed by atoms with Crippen molar-refractivity contribution in [2.75, 3.05) is 27.7 Å². The van der Waals surface area contributed by atoms with Gasteiger partial charge in [-0.25, -0.2) is 0 Å². The second-order valence-electron chi connectivity index (χ2n) is 8.90. The quantitative estimate of drug-likeness (QED) is 0.167. The van der Waals surface area contributed by atoms with Gasteiger partial charge in [-0.05, 0) is 6.42 Å². The van der Waals surface area contributed by atoms with Gasteiger partial charge < -0.3 is 19.1 Å². The maximum Gasteiger partial charge on any atom is 0.306 e. The molecule has 0 bridgehead atoms. The van der Waals surface area contributed by atoms with Crippen LogP contribution in [0.25, 0.3) is 0 Å². The van der Waals surface area contributed by atoms with E-state index in [1.54, 1.807) is 0 Å². The summed E-state index contributed by atoms with van der Waals surface area (Å²) in [5.41, 5.74) is 0. The molecule has 0 heterocycles. The second kappa shape index (κ2) is 19.2. The maximum absolute atomic E-state index is 12.0. The molecule has 0 aromatic rings. The fourth-order valence-electron chi connectivity index (χ4n) is 3.35. The lowest BCUT2D eigenvalue weighted by Gasteiger charge is -2.29. The molecular weight excluding hydrogens is 390 g/mol. The van der Waals surface area contributed by atoms with Crippen molar-refractivity contribution in [3.05, 3.63) is 0 Å². The van der Waals surface area contributed by atoms with E-state index in [0.29, 0.717) is 23.9 Å². The Balaban J connectivity index is 0. The molecule has 0 radical (unpaired) electrons. The van der Waals surface area contributed by atoms with Gasteiger partial charge in [-0.1, -0.05) is 83.9 Å². The van der Waals surface area contributed by atoms with Crippen molar-refractivity contribution in [3.8, 4) is 0 Å². The van der Waals surface area contributed by atoms with Crippen molar-refractivity contribution in [1.29, 1.82) is 0 Å². The summed E-state index contributed by atoms with van der Waals surface area (Å²) >= 11 is 0. The van der Waals surface area contributed by atoms with E-state index in [1.807, 2.05) is 21.1 Å². The van der Waals surface area contributed by atoms with E-state index in [-0.39, 0.29) is 24.8 Å². The molecule has 29 heavy (non-hydrogen) atoms. The van der Waals surface area contributed by atoms with Crippen molar-refractivity contribution >= 4 is 24.3 Å². The van der Waals surface area contributed by atoms with Gasteiger partial charge in [0.05, 0.1) is 21.1 Å². The van der Waals surface area contributed by atoms with Crippen LogP contribution in [0.15, 0.2) is 0 Å². The number of esters is 1. The number of ether oxygens (including phenoxy) is 1. The third-order valence-electron chi connectivity index (χ3n) is 4.75. The number of hydrogen-bond donors (Lipinski definition) is 0. The molecular formula is C23H46ClNO4. The lowest BCUT2D eigenvalue weighted by molar-refractivity contribution is -0.873. The number of carbonyl (C=O) groups is 2. The average molecular weight is 439 g/mol. The first-order valence-electron chi connectivity index (χ1n) is 12.6. The van der Waals surface area contributed by atoms with Crippen LogP contribution in [0.2, 0.25) is 0 Å². The first-order chi connectivity index (χ1) is 14.4. The smallest absolute Gasteiger partial charge is 0.306 e. The van der Waals surface area contributed by atoms with Gasteiger partial charge in [0.15, 0.2) is 6.10 Å². The Labute approximate surface area is 189 Å². The number of carbonyl (C=O) groups excluding carboxylic acids is 2. The summed E-state index contributed by atoms with van der Waals surface area (Å²) in [4.78, 5) is 22.9. The highest BCUT2D eigenvalue weighted by Gasteiger charge is 2.22. The van der Waals surface area contributed by atoms with Crippen LogP contribution in [0, 0.1) is 0 Å². The number of rotatable bonds is 19. The Hall–Kier alpha value is -0.810. The number of quaternary nitrogens is 1. The molecule has 0 saturated heterocycles. The van der Waals surface area contributed by atoms with Crippen molar-refractivity contribution < 1.29 is 28.0 Å². The van der Waals surface area contributed by atoms with Gasteiger partial charge in [0, 0.05) is 22.9 Å². The highest BCUT2D eigenvalue weighted by molar-refractivity contribution is 5.85.